The summed E-state index contributed by atoms with van der Waals surface area (Å²) in [6.07, 6.45) is 0.678. The molecule has 0 aliphatic carbocycles. The summed E-state index contributed by atoms with van der Waals surface area (Å²) in [4.78, 5) is 32.6. The lowest BCUT2D eigenvalue weighted by Crippen LogP contribution is -2.38. The minimum atomic E-state index is -0.365. The molecule has 2 aromatic heterocycles. The number of hydrogen-bond acceptors (Lipinski definition) is 3. The van der Waals surface area contributed by atoms with E-state index in [-0.39, 0.29) is 11.2 Å². The smallest absolute Gasteiger partial charge is 0.336 e. The molecular formula is C15H16N4O2. The van der Waals surface area contributed by atoms with E-state index in [1.54, 1.807) is 24.3 Å². The third-order valence-corrected chi connectivity index (χ3v) is 3.49. The van der Waals surface area contributed by atoms with Crippen molar-refractivity contribution in [1.29, 1.82) is 0 Å². The summed E-state index contributed by atoms with van der Waals surface area (Å²) in [6, 6.07) is 8.92. The Balaban J connectivity index is 2.46. The highest BCUT2D eigenvalue weighted by molar-refractivity contribution is 5.70. The van der Waals surface area contributed by atoms with Crippen LogP contribution in [-0.4, -0.2) is 19.1 Å². The number of benzene rings is 1. The van der Waals surface area contributed by atoms with Crippen molar-refractivity contribution < 1.29 is 0 Å². The Morgan fingerprint density at radius 2 is 1.86 bits per heavy atom. The van der Waals surface area contributed by atoms with Gasteiger partial charge in [0, 0.05) is 13.0 Å². The van der Waals surface area contributed by atoms with Gasteiger partial charge in [0.05, 0.1) is 5.69 Å². The number of imidazole rings is 1. The zero-order valence-electron chi connectivity index (χ0n) is 12.0. The molecule has 21 heavy (non-hydrogen) atoms. The van der Waals surface area contributed by atoms with Gasteiger partial charge in [0.25, 0.3) is 5.56 Å². The van der Waals surface area contributed by atoms with Crippen molar-refractivity contribution in [3.8, 4) is 5.69 Å². The number of fused-ring (bicyclic) bond motifs is 1. The lowest BCUT2D eigenvalue weighted by atomic mass is 10.3. The van der Waals surface area contributed by atoms with Gasteiger partial charge in [0.2, 0.25) is 0 Å². The molecule has 1 aromatic carbocycles. The Morgan fingerprint density at radius 1 is 1.14 bits per heavy atom. The Labute approximate surface area is 120 Å². The summed E-state index contributed by atoms with van der Waals surface area (Å²) >= 11 is 0. The molecule has 0 amide bonds. The van der Waals surface area contributed by atoms with Crippen LogP contribution in [0, 0.1) is 0 Å². The van der Waals surface area contributed by atoms with Crippen LogP contribution in [0.25, 0.3) is 16.9 Å². The van der Waals surface area contributed by atoms with Crippen molar-refractivity contribution in [1.82, 2.24) is 19.1 Å². The molecule has 0 unspecified atom stereocenters. The molecule has 6 nitrogen and oxygen atoms in total. The molecule has 0 bridgehead atoms. The van der Waals surface area contributed by atoms with Crippen molar-refractivity contribution in [3.05, 3.63) is 57.0 Å². The fourth-order valence-electron chi connectivity index (χ4n) is 2.42. The van der Waals surface area contributed by atoms with Gasteiger partial charge in [0.15, 0.2) is 11.2 Å². The number of nitrogens with zero attached hydrogens (tertiary/aromatic N) is 3. The SMILES string of the molecule is CCc1nc2c([nH]1)c(=O)n(-c1ccccc1)c(=O)n2CC. The minimum Gasteiger partial charge on any atom is -0.336 e. The Morgan fingerprint density at radius 3 is 2.48 bits per heavy atom. The maximum absolute atomic E-state index is 12.6. The highest BCUT2D eigenvalue weighted by atomic mass is 16.2. The molecule has 0 aliphatic rings. The lowest BCUT2D eigenvalue weighted by molar-refractivity contribution is 0.685. The van der Waals surface area contributed by atoms with E-state index >= 15 is 0 Å². The molecule has 6 heteroatoms. The van der Waals surface area contributed by atoms with E-state index in [9.17, 15) is 9.59 Å². The summed E-state index contributed by atoms with van der Waals surface area (Å²) in [7, 11) is 0. The molecule has 108 valence electrons. The zero-order chi connectivity index (χ0) is 15.0. The first kappa shape index (κ1) is 13.4. The molecule has 0 saturated carbocycles. The van der Waals surface area contributed by atoms with Gasteiger partial charge in [-0.2, -0.15) is 0 Å². The quantitative estimate of drug-likeness (QED) is 0.791. The number of para-hydroxylation sites is 1. The van der Waals surface area contributed by atoms with Gasteiger partial charge in [-0.25, -0.2) is 14.3 Å². The second kappa shape index (κ2) is 5.05. The number of H-pyrrole nitrogens is 1. The number of rotatable bonds is 3. The molecule has 0 saturated heterocycles. The van der Waals surface area contributed by atoms with Crippen LogP contribution >= 0.6 is 0 Å². The molecule has 0 radical (unpaired) electrons. The number of aromatic amines is 1. The second-order valence-electron chi connectivity index (χ2n) is 4.74. The van der Waals surface area contributed by atoms with Crippen LogP contribution in [0.5, 0.6) is 0 Å². The number of nitrogens with one attached hydrogen (secondary N) is 1. The number of aryl methyl sites for hydroxylation is 2. The first-order chi connectivity index (χ1) is 10.2. The van der Waals surface area contributed by atoms with E-state index in [0.717, 1.165) is 0 Å². The van der Waals surface area contributed by atoms with Crippen LogP contribution in [-0.2, 0) is 13.0 Å². The maximum Gasteiger partial charge on any atom is 0.337 e. The highest BCUT2D eigenvalue weighted by Crippen LogP contribution is 2.08. The Hall–Kier alpha value is -2.63. The van der Waals surface area contributed by atoms with E-state index in [1.165, 1.54) is 9.13 Å². The predicted octanol–water partition coefficient (Wildman–Crippen LogP) is 1.46. The summed E-state index contributed by atoms with van der Waals surface area (Å²) in [5, 5.41) is 0. The standard InChI is InChI=1S/C15H16N4O2/c1-3-11-16-12-13(17-11)18(4-2)15(21)19(14(12)20)10-8-6-5-7-9-10/h5-9H,3-4H2,1-2H3,(H,16,17). The Bertz CT molecular complexity index is 903. The fraction of sp³-hybridized carbons (Fsp3) is 0.267. The average molecular weight is 284 g/mol. The van der Waals surface area contributed by atoms with Crippen molar-refractivity contribution in [2.45, 2.75) is 26.8 Å². The molecule has 0 aliphatic heterocycles. The van der Waals surface area contributed by atoms with Crippen LogP contribution in [0.1, 0.15) is 19.7 Å². The largest absolute Gasteiger partial charge is 0.337 e. The molecule has 0 fully saturated rings. The fourth-order valence-corrected chi connectivity index (χ4v) is 2.42. The van der Waals surface area contributed by atoms with Crippen molar-refractivity contribution >= 4 is 11.2 Å². The van der Waals surface area contributed by atoms with Gasteiger partial charge >= 0.3 is 5.69 Å². The Kier molecular flexibility index (Phi) is 3.21. The molecule has 0 atom stereocenters. The van der Waals surface area contributed by atoms with Crippen LogP contribution in [0.4, 0.5) is 0 Å². The normalized spacial score (nSPS) is 11.1. The lowest BCUT2D eigenvalue weighted by Gasteiger charge is -2.09. The third kappa shape index (κ3) is 1.99. The average Bonchev–Trinajstić information content (AvgIpc) is 2.93. The van der Waals surface area contributed by atoms with Crippen molar-refractivity contribution in [2.75, 3.05) is 0 Å². The van der Waals surface area contributed by atoms with E-state index in [2.05, 4.69) is 9.97 Å². The number of hydrogen-bond donors (Lipinski definition) is 1. The van der Waals surface area contributed by atoms with Crippen LogP contribution in [0.3, 0.4) is 0 Å². The molecule has 3 rings (SSSR count). The first-order valence-electron chi connectivity index (χ1n) is 6.97. The van der Waals surface area contributed by atoms with Crippen LogP contribution < -0.4 is 11.2 Å². The van der Waals surface area contributed by atoms with E-state index in [0.29, 0.717) is 35.6 Å². The van der Waals surface area contributed by atoms with Gasteiger partial charge in [-0.05, 0) is 19.1 Å². The second-order valence-corrected chi connectivity index (χ2v) is 4.74. The van der Waals surface area contributed by atoms with Gasteiger partial charge < -0.3 is 4.98 Å². The van der Waals surface area contributed by atoms with E-state index < -0.39 is 0 Å². The summed E-state index contributed by atoms with van der Waals surface area (Å²) in [5.74, 6) is 0.703. The topological polar surface area (TPSA) is 72.7 Å². The zero-order valence-corrected chi connectivity index (χ0v) is 12.0. The van der Waals surface area contributed by atoms with E-state index in [4.69, 9.17) is 0 Å². The van der Waals surface area contributed by atoms with Crippen LogP contribution in [0.15, 0.2) is 39.9 Å². The predicted molar refractivity (Wildman–Crippen MR) is 81.0 cm³/mol. The third-order valence-electron chi connectivity index (χ3n) is 3.49. The number of aromatic nitrogens is 4. The van der Waals surface area contributed by atoms with Gasteiger partial charge in [-0.3, -0.25) is 9.36 Å². The van der Waals surface area contributed by atoms with Gasteiger partial charge in [-0.1, -0.05) is 25.1 Å². The minimum absolute atomic E-state index is 0.363. The summed E-state index contributed by atoms with van der Waals surface area (Å²) in [5.41, 5.74) is 0.631. The summed E-state index contributed by atoms with van der Waals surface area (Å²) in [6.45, 7) is 4.26. The molecular weight excluding hydrogens is 268 g/mol. The summed E-state index contributed by atoms with van der Waals surface area (Å²) < 4.78 is 2.70. The maximum atomic E-state index is 12.6. The van der Waals surface area contributed by atoms with Crippen LogP contribution in [0.2, 0.25) is 0 Å². The monoisotopic (exact) mass is 284 g/mol. The van der Waals surface area contributed by atoms with E-state index in [1.807, 2.05) is 19.9 Å². The first-order valence-corrected chi connectivity index (χ1v) is 6.97. The van der Waals surface area contributed by atoms with Gasteiger partial charge in [0.1, 0.15) is 5.82 Å². The molecule has 2 heterocycles. The van der Waals surface area contributed by atoms with Crippen molar-refractivity contribution in [3.63, 3.8) is 0 Å². The molecule has 1 N–H and O–H groups in total. The van der Waals surface area contributed by atoms with Crippen molar-refractivity contribution in [2.24, 2.45) is 0 Å². The molecule has 0 spiro atoms. The highest BCUT2D eigenvalue weighted by Gasteiger charge is 2.16. The molecule has 3 aromatic rings. The van der Waals surface area contributed by atoms with Gasteiger partial charge in [-0.15, -0.1) is 0 Å².